The Hall–Kier alpha value is -0.0800. The van der Waals surface area contributed by atoms with E-state index in [2.05, 4.69) is 44.0 Å². The monoisotopic (exact) mass is 274 g/mol. The second-order valence-electron chi connectivity index (χ2n) is 2.13. The van der Waals surface area contributed by atoms with Gasteiger partial charge in [0.15, 0.2) is 0 Å². The minimum absolute atomic E-state index is 0.877. The summed E-state index contributed by atoms with van der Waals surface area (Å²) in [7, 11) is 0. The number of allylic oxidation sites excluding steroid dienone is 1. The average Bonchev–Trinajstić information content (AvgIpc) is 2.09. The molecule has 0 aliphatic heterocycles. The van der Waals surface area contributed by atoms with E-state index in [0.29, 0.717) is 0 Å². The van der Waals surface area contributed by atoms with Crippen molar-refractivity contribution in [2.24, 2.45) is 0 Å². The van der Waals surface area contributed by atoms with Gasteiger partial charge in [0.2, 0.25) is 0 Å². The minimum atomic E-state index is 0.877. The SMILES string of the molecule is Br/C=C(\CBr)c1ccccc1. The quantitative estimate of drug-likeness (QED) is 0.720. The molecule has 1 aromatic carbocycles. The van der Waals surface area contributed by atoms with Crippen LogP contribution in [0.1, 0.15) is 5.56 Å². The van der Waals surface area contributed by atoms with Crippen molar-refractivity contribution in [2.45, 2.75) is 0 Å². The van der Waals surface area contributed by atoms with Gasteiger partial charge in [0.05, 0.1) is 0 Å². The van der Waals surface area contributed by atoms with Crippen LogP contribution in [0.5, 0.6) is 0 Å². The molecule has 0 fully saturated rings. The van der Waals surface area contributed by atoms with Crippen LogP contribution in [0, 0.1) is 0 Å². The van der Waals surface area contributed by atoms with Gasteiger partial charge in [0, 0.05) is 5.33 Å². The van der Waals surface area contributed by atoms with Crippen molar-refractivity contribution in [2.75, 3.05) is 5.33 Å². The van der Waals surface area contributed by atoms with Crippen molar-refractivity contribution in [3.05, 3.63) is 40.9 Å². The van der Waals surface area contributed by atoms with E-state index >= 15 is 0 Å². The summed E-state index contributed by atoms with van der Waals surface area (Å²) >= 11 is 6.74. The lowest BCUT2D eigenvalue weighted by Gasteiger charge is -2.00. The zero-order valence-corrected chi connectivity index (χ0v) is 9.10. The molecule has 0 nitrogen and oxygen atoms in total. The number of benzene rings is 1. The highest BCUT2D eigenvalue weighted by atomic mass is 79.9. The van der Waals surface area contributed by atoms with E-state index < -0.39 is 0 Å². The summed E-state index contributed by atoms with van der Waals surface area (Å²) in [4.78, 5) is 1.94. The molecule has 2 heteroatoms. The van der Waals surface area contributed by atoms with E-state index in [9.17, 15) is 0 Å². The third kappa shape index (κ3) is 2.46. The van der Waals surface area contributed by atoms with Gasteiger partial charge in [-0.05, 0) is 16.1 Å². The molecule has 0 bridgehead atoms. The van der Waals surface area contributed by atoms with Gasteiger partial charge in [-0.2, -0.15) is 0 Å². The van der Waals surface area contributed by atoms with Crippen LogP contribution in [-0.4, -0.2) is 5.33 Å². The first kappa shape index (κ1) is 9.01. The van der Waals surface area contributed by atoms with Crippen LogP contribution in [0.3, 0.4) is 0 Å². The number of alkyl halides is 1. The summed E-state index contributed by atoms with van der Waals surface area (Å²) in [5.41, 5.74) is 2.51. The first-order chi connectivity index (χ1) is 5.38. The van der Waals surface area contributed by atoms with Gasteiger partial charge in [0.25, 0.3) is 0 Å². The molecule has 1 rings (SSSR count). The highest BCUT2D eigenvalue weighted by Crippen LogP contribution is 2.17. The Bertz CT molecular complexity index is 239. The highest BCUT2D eigenvalue weighted by molar-refractivity contribution is 9.11. The van der Waals surface area contributed by atoms with Gasteiger partial charge < -0.3 is 0 Å². The molecule has 0 saturated carbocycles. The van der Waals surface area contributed by atoms with Crippen LogP contribution in [0.15, 0.2) is 35.3 Å². The lowest BCUT2D eigenvalue weighted by molar-refractivity contribution is 1.60. The van der Waals surface area contributed by atoms with E-state index in [4.69, 9.17) is 0 Å². The van der Waals surface area contributed by atoms with E-state index in [1.165, 1.54) is 11.1 Å². The van der Waals surface area contributed by atoms with Crippen molar-refractivity contribution < 1.29 is 0 Å². The van der Waals surface area contributed by atoms with Crippen LogP contribution in [0.4, 0.5) is 0 Å². The summed E-state index contributed by atoms with van der Waals surface area (Å²) < 4.78 is 0. The maximum absolute atomic E-state index is 3.41. The Balaban J connectivity index is 2.92. The molecular weight excluding hydrogens is 268 g/mol. The zero-order valence-electron chi connectivity index (χ0n) is 5.93. The fraction of sp³-hybridized carbons (Fsp3) is 0.111. The van der Waals surface area contributed by atoms with Crippen LogP contribution in [0.25, 0.3) is 5.57 Å². The predicted octanol–water partition coefficient (Wildman–Crippen LogP) is 3.82. The Kier molecular flexibility index (Phi) is 3.87. The molecule has 0 aliphatic rings. The molecule has 0 amide bonds. The van der Waals surface area contributed by atoms with E-state index in [-0.39, 0.29) is 0 Å². The number of halogens is 2. The molecule has 0 heterocycles. The second-order valence-corrected chi connectivity index (χ2v) is 3.15. The van der Waals surface area contributed by atoms with Crippen LogP contribution < -0.4 is 0 Å². The molecule has 0 spiro atoms. The fourth-order valence-electron chi connectivity index (χ4n) is 0.822. The highest BCUT2D eigenvalue weighted by Gasteiger charge is 1.95. The summed E-state index contributed by atoms with van der Waals surface area (Å²) in [5.74, 6) is 0. The van der Waals surface area contributed by atoms with Crippen molar-refractivity contribution in [1.82, 2.24) is 0 Å². The Morgan fingerprint density at radius 2 is 1.91 bits per heavy atom. The van der Waals surface area contributed by atoms with Gasteiger partial charge in [-0.3, -0.25) is 0 Å². The molecular formula is C9H8Br2. The van der Waals surface area contributed by atoms with E-state index in [0.717, 1.165) is 5.33 Å². The maximum atomic E-state index is 3.41. The Morgan fingerprint density at radius 3 is 2.36 bits per heavy atom. The fourth-order valence-corrected chi connectivity index (χ4v) is 2.17. The molecule has 0 N–H and O–H groups in total. The van der Waals surface area contributed by atoms with E-state index in [1.807, 2.05) is 23.2 Å². The van der Waals surface area contributed by atoms with Crippen LogP contribution in [0.2, 0.25) is 0 Å². The summed E-state index contributed by atoms with van der Waals surface area (Å²) in [6.45, 7) is 0. The first-order valence-electron chi connectivity index (χ1n) is 3.29. The van der Waals surface area contributed by atoms with Crippen molar-refractivity contribution >= 4 is 37.4 Å². The molecule has 11 heavy (non-hydrogen) atoms. The molecule has 0 unspecified atom stereocenters. The summed E-state index contributed by atoms with van der Waals surface area (Å²) in [5, 5.41) is 0.877. The topological polar surface area (TPSA) is 0 Å². The molecule has 0 radical (unpaired) electrons. The Morgan fingerprint density at radius 1 is 1.27 bits per heavy atom. The van der Waals surface area contributed by atoms with Crippen molar-refractivity contribution in [3.63, 3.8) is 0 Å². The number of hydrogen-bond donors (Lipinski definition) is 0. The molecule has 0 aromatic heterocycles. The van der Waals surface area contributed by atoms with Crippen LogP contribution in [-0.2, 0) is 0 Å². The van der Waals surface area contributed by atoms with Crippen LogP contribution >= 0.6 is 31.9 Å². The Labute approximate surface area is 83.6 Å². The molecule has 0 aliphatic carbocycles. The predicted molar refractivity (Wildman–Crippen MR) is 57.1 cm³/mol. The standard InChI is InChI=1S/C9H8Br2/c10-6-9(7-11)8-4-2-1-3-5-8/h1-6H,7H2/b9-6+. The van der Waals surface area contributed by atoms with Gasteiger partial charge in [-0.1, -0.05) is 62.2 Å². The second kappa shape index (κ2) is 4.73. The van der Waals surface area contributed by atoms with E-state index in [1.54, 1.807) is 0 Å². The third-order valence-electron chi connectivity index (χ3n) is 1.42. The normalized spacial score (nSPS) is 11.6. The van der Waals surface area contributed by atoms with Crippen molar-refractivity contribution in [1.29, 1.82) is 0 Å². The molecule has 58 valence electrons. The molecule has 0 atom stereocenters. The number of rotatable bonds is 2. The van der Waals surface area contributed by atoms with Crippen molar-refractivity contribution in [3.8, 4) is 0 Å². The third-order valence-corrected chi connectivity index (χ3v) is 2.58. The average molecular weight is 276 g/mol. The zero-order chi connectivity index (χ0) is 8.10. The summed E-state index contributed by atoms with van der Waals surface area (Å²) in [6.07, 6.45) is 0. The first-order valence-corrected chi connectivity index (χ1v) is 5.33. The van der Waals surface area contributed by atoms with Gasteiger partial charge in [0.1, 0.15) is 0 Å². The smallest absolute Gasteiger partial charge is 0.0294 e. The largest absolute Gasteiger partial charge is 0.0876 e. The molecule has 1 aromatic rings. The van der Waals surface area contributed by atoms with Gasteiger partial charge >= 0.3 is 0 Å². The lowest BCUT2D eigenvalue weighted by Crippen LogP contribution is -1.82. The van der Waals surface area contributed by atoms with Gasteiger partial charge in [-0.15, -0.1) is 0 Å². The lowest BCUT2D eigenvalue weighted by atomic mass is 10.1. The van der Waals surface area contributed by atoms with Gasteiger partial charge in [-0.25, -0.2) is 0 Å². The number of hydrogen-bond acceptors (Lipinski definition) is 0. The minimum Gasteiger partial charge on any atom is -0.0876 e. The molecule has 0 saturated heterocycles. The summed E-state index contributed by atoms with van der Waals surface area (Å²) in [6, 6.07) is 10.3. The maximum Gasteiger partial charge on any atom is 0.0294 e.